The highest BCUT2D eigenvalue weighted by atomic mass is 16.2. The number of hydrogen-bond donors (Lipinski definition) is 1. The van der Waals surface area contributed by atoms with Crippen LogP contribution in [0, 0.1) is 6.92 Å². The van der Waals surface area contributed by atoms with Crippen molar-refractivity contribution in [1.29, 1.82) is 0 Å². The topological polar surface area (TPSA) is 71.9 Å². The standard InChI is InChI=1S/C14H14N2O3/c1-9-4-3-5-11(6-9)8-16-13(18)12(10(2)17)7-15-14(16)19/h3-7H,8H2,1-2H3,(H,15,19). The number of aryl methyl sites for hydroxylation is 1. The molecule has 0 radical (unpaired) electrons. The number of benzene rings is 1. The van der Waals surface area contributed by atoms with E-state index in [2.05, 4.69) is 4.98 Å². The second-order valence-corrected chi connectivity index (χ2v) is 4.44. The highest BCUT2D eigenvalue weighted by molar-refractivity contribution is 5.93. The Kier molecular flexibility index (Phi) is 3.46. The van der Waals surface area contributed by atoms with E-state index in [0.717, 1.165) is 15.7 Å². The summed E-state index contributed by atoms with van der Waals surface area (Å²) in [6.07, 6.45) is 1.17. The minimum absolute atomic E-state index is 0.00717. The fraction of sp³-hybridized carbons (Fsp3) is 0.214. The number of rotatable bonds is 3. The summed E-state index contributed by atoms with van der Waals surface area (Å²) < 4.78 is 1.03. The molecule has 1 aromatic carbocycles. The molecule has 98 valence electrons. The van der Waals surface area contributed by atoms with Crippen LogP contribution in [0.25, 0.3) is 0 Å². The van der Waals surface area contributed by atoms with Gasteiger partial charge in [-0.2, -0.15) is 0 Å². The van der Waals surface area contributed by atoms with Crippen molar-refractivity contribution >= 4 is 5.78 Å². The Morgan fingerprint density at radius 1 is 1.32 bits per heavy atom. The molecular formula is C14H14N2O3. The van der Waals surface area contributed by atoms with Gasteiger partial charge in [-0.3, -0.25) is 14.2 Å². The number of nitrogens with zero attached hydrogens (tertiary/aromatic N) is 1. The van der Waals surface area contributed by atoms with Gasteiger partial charge in [0.05, 0.1) is 12.1 Å². The van der Waals surface area contributed by atoms with Crippen LogP contribution < -0.4 is 11.2 Å². The first-order chi connectivity index (χ1) is 8.99. The van der Waals surface area contributed by atoms with Gasteiger partial charge in [-0.1, -0.05) is 29.8 Å². The molecule has 0 fully saturated rings. The molecule has 0 saturated heterocycles. The normalized spacial score (nSPS) is 10.4. The van der Waals surface area contributed by atoms with E-state index in [0.29, 0.717) is 0 Å². The van der Waals surface area contributed by atoms with Gasteiger partial charge in [0.2, 0.25) is 0 Å². The second kappa shape index (κ2) is 5.06. The minimum atomic E-state index is -0.558. The van der Waals surface area contributed by atoms with Gasteiger partial charge in [0.1, 0.15) is 0 Å². The Balaban J connectivity index is 2.51. The summed E-state index contributed by atoms with van der Waals surface area (Å²) in [5.41, 5.74) is 0.805. The van der Waals surface area contributed by atoms with Crippen molar-refractivity contribution in [3.05, 3.63) is 68.0 Å². The maximum Gasteiger partial charge on any atom is 0.328 e. The van der Waals surface area contributed by atoms with Crippen LogP contribution in [0.2, 0.25) is 0 Å². The second-order valence-electron chi connectivity index (χ2n) is 4.44. The van der Waals surface area contributed by atoms with Crippen LogP contribution in [0.3, 0.4) is 0 Å². The number of ketones is 1. The number of H-pyrrole nitrogens is 1. The first-order valence-corrected chi connectivity index (χ1v) is 5.88. The number of aromatic nitrogens is 2. The predicted molar refractivity (Wildman–Crippen MR) is 71.6 cm³/mol. The first-order valence-electron chi connectivity index (χ1n) is 5.88. The third-order valence-electron chi connectivity index (χ3n) is 2.86. The maximum absolute atomic E-state index is 12.0. The molecule has 0 amide bonds. The predicted octanol–water partition coefficient (Wildman–Crippen LogP) is 1.10. The van der Waals surface area contributed by atoms with Gasteiger partial charge in [-0.15, -0.1) is 0 Å². The van der Waals surface area contributed by atoms with E-state index in [-0.39, 0.29) is 17.9 Å². The molecule has 2 rings (SSSR count). The third-order valence-corrected chi connectivity index (χ3v) is 2.86. The average Bonchev–Trinajstić information content (AvgIpc) is 2.34. The summed E-state index contributed by atoms with van der Waals surface area (Å²) in [6.45, 7) is 3.38. The number of carbonyl (C=O) groups excluding carboxylic acids is 1. The van der Waals surface area contributed by atoms with Gasteiger partial charge in [0, 0.05) is 6.20 Å². The largest absolute Gasteiger partial charge is 0.328 e. The Morgan fingerprint density at radius 3 is 2.68 bits per heavy atom. The fourth-order valence-electron chi connectivity index (χ4n) is 1.90. The lowest BCUT2D eigenvalue weighted by molar-refractivity contribution is 0.101. The Bertz CT molecular complexity index is 741. The molecule has 1 aromatic heterocycles. The molecule has 0 aliphatic carbocycles. The molecule has 5 heteroatoms. The average molecular weight is 258 g/mol. The minimum Gasteiger partial charge on any atom is -0.313 e. The van der Waals surface area contributed by atoms with E-state index in [1.54, 1.807) is 0 Å². The van der Waals surface area contributed by atoms with E-state index in [1.807, 2.05) is 31.2 Å². The Hall–Kier alpha value is -2.43. The van der Waals surface area contributed by atoms with Gasteiger partial charge in [0.15, 0.2) is 5.78 Å². The summed E-state index contributed by atoms with van der Waals surface area (Å²) in [5.74, 6) is -0.362. The van der Waals surface area contributed by atoms with Gasteiger partial charge < -0.3 is 4.98 Å². The van der Waals surface area contributed by atoms with E-state index in [9.17, 15) is 14.4 Å². The Morgan fingerprint density at radius 2 is 2.05 bits per heavy atom. The van der Waals surface area contributed by atoms with Crippen molar-refractivity contribution < 1.29 is 4.79 Å². The van der Waals surface area contributed by atoms with E-state index in [4.69, 9.17) is 0 Å². The van der Waals surface area contributed by atoms with Crippen LogP contribution in [0.1, 0.15) is 28.4 Å². The fourth-order valence-corrected chi connectivity index (χ4v) is 1.90. The molecule has 0 aliphatic rings. The summed E-state index contributed by atoms with van der Waals surface area (Å²) in [5, 5.41) is 0. The van der Waals surface area contributed by atoms with Gasteiger partial charge in [-0.05, 0) is 19.4 Å². The molecule has 1 N–H and O–H groups in total. The van der Waals surface area contributed by atoms with Crippen LogP contribution >= 0.6 is 0 Å². The molecule has 19 heavy (non-hydrogen) atoms. The van der Waals surface area contributed by atoms with E-state index >= 15 is 0 Å². The highest BCUT2D eigenvalue weighted by Crippen LogP contribution is 2.04. The maximum atomic E-state index is 12.0. The molecule has 0 spiro atoms. The number of aromatic amines is 1. The summed E-state index contributed by atoms with van der Waals surface area (Å²) >= 11 is 0. The van der Waals surface area contributed by atoms with Crippen LogP contribution in [-0.2, 0) is 6.54 Å². The lowest BCUT2D eigenvalue weighted by Crippen LogP contribution is -2.38. The number of carbonyl (C=O) groups is 1. The van der Waals surface area contributed by atoms with Gasteiger partial charge >= 0.3 is 5.69 Å². The zero-order valence-electron chi connectivity index (χ0n) is 10.8. The smallest absolute Gasteiger partial charge is 0.313 e. The monoisotopic (exact) mass is 258 g/mol. The van der Waals surface area contributed by atoms with Gasteiger partial charge in [-0.25, -0.2) is 4.79 Å². The number of Topliss-reactive ketones (excluding diaryl/α,β-unsaturated/α-hetero) is 1. The molecule has 0 atom stereocenters. The third kappa shape index (κ3) is 2.70. The van der Waals surface area contributed by atoms with Crippen molar-refractivity contribution in [3.8, 4) is 0 Å². The summed E-state index contributed by atoms with van der Waals surface area (Å²) in [6, 6.07) is 7.52. The number of hydrogen-bond acceptors (Lipinski definition) is 3. The number of nitrogens with one attached hydrogen (secondary N) is 1. The SMILES string of the molecule is CC(=O)c1c[nH]c(=O)n(Cc2cccc(C)c2)c1=O. The zero-order chi connectivity index (χ0) is 14.0. The summed E-state index contributed by atoms with van der Waals surface area (Å²) in [4.78, 5) is 37.5. The van der Waals surface area contributed by atoms with Crippen LogP contribution in [0.5, 0.6) is 0 Å². The van der Waals surface area contributed by atoms with E-state index < -0.39 is 11.2 Å². The molecular weight excluding hydrogens is 244 g/mol. The molecule has 1 heterocycles. The van der Waals surface area contributed by atoms with Crippen molar-refractivity contribution in [2.24, 2.45) is 0 Å². The molecule has 5 nitrogen and oxygen atoms in total. The molecule has 0 saturated carbocycles. The lowest BCUT2D eigenvalue weighted by atomic mass is 10.1. The van der Waals surface area contributed by atoms with Crippen molar-refractivity contribution in [1.82, 2.24) is 9.55 Å². The zero-order valence-corrected chi connectivity index (χ0v) is 10.8. The van der Waals surface area contributed by atoms with Crippen LogP contribution in [-0.4, -0.2) is 15.3 Å². The molecule has 0 aliphatic heterocycles. The van der Waals surface area contributed by atoms with Crippen LogP contribution in [0.15, 0.2) is 40.1 Å². The van der Waals surface area contributed by atoms with E-state index in [1.165, 1.54) is 13.1 Å². The first kappa shape index (κ1) is 13.0. The summed E-state index contributed by atoms with van der Waals surface area (Å²) in [7, 11) is 0. The molecule has 0 unspecified atom stereocenters. The molecule has 0 bridgehead atoms. The lowest BCUT2D eigenvalue weighted by Gasteiger charge is -2.06. The van der Waals surface area contributed by atoms with Crippen molar-refractivity contribution in [3.63, 3.8) is 0 Å². The molecule has 2 aromatic rings. The quantitative estimate of drug-likeness (QED) is 0.838. The van der Waals surface area contributed by atoms with Crippen LogP contribution in [0.4, 0.5) is 0 Å². The van der Waals surface area contributed by atoms with Crippen molar-refractivity contribution in [2.45, 2.75) is 20.4 Å². The van der Waals surface area contributed by atoms with Gasteiger partial charge in [0.25, 0.3) is 5.56 Å². The Labute approximate surface area is 109 Å². The van der Waals surface area contributed by atoms with Crippen molar-refractivity contribution in [2.75, 3.05) is 0 Å². The highest BCUT2D eigenvalue weighted by Gasteiger charge is 2.11.